The van der Waals surface area contributed by atoms with E-state index in [-0.39, 0.29) is 0 Å². The molecule has 0 bridgehead atoms. The van der Waals surface area contributed by atoms with E-state index in [0.717, 1.165) is 13.0 Å². The number of nitrogens with one attached hydrogen (secondary N) is 1. The summed E-state index contributed by atoms with van der Waals surface area (Å²) in [6.45, 7) is 1.11. The number of rotatable bonds is 0. The number of hydrogen-bond donors (Lipinski definition) is 2. The van der Waals surface area contributed by atoms with Crippen LogP contribution in [0.5, 0.6) is 0 Å². The third-order valence-electron chi connectivity index (χ3n) is 1.75. The summed E-state index contributed by atoms with van der Waals surface area (Å²) in [6.07, 6.45) is 3.85. The molecule has 1 fully saturated rings. The first-order valence-electron chi connectivity index (χ1n) is 4.37. The van der Waals surface area contributed by atoms with Crippen LogP contribution in [0.25, 0.3) is 0 Å². The highest BCUT2D eigenvalue weighted by atomic mass is 19.4. The van der Waals surface area contributed by atoms with Crippen molar-refractivity contribution < 1.29 is 23.1 Å². The molecular weight excluding hydrogens is 211 g/mol. The quantitative estimate of drug-likeness (QED) is 0.610. The summed E-state index contributed by atoms with van der Waals surface area (Å²) in [6, 6.07) is 0.365. The zero-order chi connectivity index (χ0) is 11.9. The SMILES string of the molecule is C#CC1CCCCN1.O=C(O)C(F)(F)F. The van der Waals surface area contributed by atoms with Crippen LogP contribution in [0.1, 0.15) is 19.3 Å². The standard InChI is InChI=1S/C7H11N.C2HF3O2/c1-2-7-5-3-4-6-8-7;3-2(4,5)1(6)7/h1,7-8H,3-6H2;(H,6,7). The number of carbonyl (C=O) groups is 1. The molecule has 3 nitrogen and oxygen atoms in total. The van der Waals surface area contributed by atoms with E-state index in [1.807, 2.05) is 0 Å². The molecule has 1 unspecified atom stereocenters. The van der Waals surface area contributed by atoms with Gasteiger partial charge in [-0.1, -0.05) is 5.92 Å². The average molecular weight is 223 g/mol. The fourth-order valence-corrected chi connectivity index (χ4v) is 0.994. The van der Waals surface area contributed by atoms with Crippen LogP contribution in [0.4, 0.5) is 13.2 Å². The third kappa shape index (κ3) is 6.80. The molecule has 6 heteroatoms. The van der Waals surface area contributed by atoms with Crippen LogP contribution < -0.4 is 5.32 Å². The number of carboxylic acids is 1. The maximum atomic E-state index is 10.6. The molecule has 0 aromatic carbocycles. The van der Waals surface area contributed by atoms with Crippen LogP contribution in [0.3, 0.4) is 0 Å². The van der Waals surface area contributed by atoms with E-state index in [4.69, 9.17) is 16.3 Å². The van der Waals surface area contributed by atoms with E-state index >= 15 is 0 Å². The Kier molecular flexibility index (Phi) is 5.79. The number of halogens is 3. The van der Waals surface area contributed by atoms with Gasteiger partial charge in [0, 0.05) is 0 Å². The van der Waals surface area contributed by atoms with Gasteiger partial charge in [0.1, 0.15) is 0 Å². The van der Waals surface area contributed by atoms with Gasteiger partial charge in [-0.25, -0.2) is 4.79 Å². The molecule has 1 aliphatic rings. The number of alkyl halides is 3. The van der Waals surface area contributed by atoms with Crippen molar-refractivity contribution in [2.75, 3.05) is 6.54 Å². The molecule has 0 saturated carbocycles. The molecule has 0 radical (unpaired) electrons. The minimum absolute atomic E-state index is 0.365. The fourth-order valence-electron chi connectivity index (χ4n) is 0.994. The molecule has 1 atom stereocenters. The van der Waals surface area contributed by atoms with Gasteiger partial charge in [-0.3, -0.25) is 0 Å². The van der Waals surface area contributed by atoms with Crippen molar-refractivity contribution >= 4 is 5.97 Å². The molecule has 1 aliphatic heterocycles. The summed E-state index contributed by atoms with van der Waals surface area (Å²) >= 11 is 0. The van der Waals surface area contributed by atoms with Crippen LogP contribution in [-0.4, -0.2) is 29.8 Å². The number of hydrogen-bond acceptors (Lipinski definition) is 2. The van der Waals surface area contributed by atoms with Crippen LogP contribution in [0, 0.1) is 12.3 Å². The Balaban J connectivity index is 0.000000265. The minimum atomic E-state index is -5.08. The summed E-state index contributed by atoms with van der Waals surface area (Å²) < 4.78 is 31.7. The summed E-state index contributed by atoms with van der Waals surface area (Å²) in [7, 11) is 0. The van der Waals surface area contributed by atoms with Gasteiger partial charge in [0.2, 0.25) is 0 Å². The predicted octanol–water partition coefficient (Wildman–Crippen LogP) is 1.40. The highest BCUT2D eigenvalue weighted by Crippen LogP contribution is 2.13. The number of terminal acetylenes is 1. The van der Waals surface area contributed by atoms with Gasteiger partial charge in [0.15, 0.2) is 0 Å². The molecule has 0 aromatic rings. The second kappa shape index (κ2) is 6.30. The Morgan fingerprint density at radius 2 is 2.00 bits per heavy atom. The highest BCUT2D eigenvalue weighted by molar-refractivity contribution is 5.73. The lowest BCUT2D eigenvalue weighted by Crippen LogP contribution is -2.32. The summed E-state index contributed by atoms with van der Waals surface area (Å²) in [5.41, 5.74) is 0. The number of carboxylic acid groups (broad SMARTS) is 1. The van der Waals surface area contributed by atoms with Crippen molar-refractivity contribution in [2.24, 2.45) is 0 Å². The van der Waals surface area contributed by atoms with Crippen LogP contribution >= 0.6 is 0 Å². The van der Waals surface area contributed by atoms with Crippen molar-refractivity contribution in [3.05, 3.63) is 0 Å². The molecule has 86 valence electrons. The first-order chi connectivity index (χ1) is 6.88. The molecule has 0 amide bonds. The van der Waals surface area contributed by atoms with Gasteiger partial charge in [0.25, 0.3) is 0 Å². The van der Waals surface area contributed by atoms with Gasteiger partial charge in [-0.2, -0.15) is 13.2 Å². The Morgan fingerprint density at radius 3 is 2.20 bits per heavy atom. The van der Waals surface area contributed by atoms with E-state index in [1.54, 1.807) is 0 Å². The molecule has 0 aliphatic carbocycles. The van der Waals surface area contributed by atoms with Gasteiger partial charge in [0.05, 0.1) is 6.04 Å². The highest BCUT2D eigenvalue weighted by Gasteiger charge is 2.38. The zero-order valence-corrected chi connectivity index (χ0v) is 7.97. The summed E-state index contributed by atoms with van der Waals surface area (Å²) in [5.74, 6) is -0.0642. The molecule has 0 spiro atoms. The summed E-state index contributed by atoms with van der Waals surface area (Å²) in [5, 5.41) is 10.4. The second-order valence-corrected chi connectivity index (χ2v) is 2.97. The second-order valence-electron chi connectivity index (χ2n) is 2.97. The number of aliphatic carboxylic acids is 1. The van der Waals surface area contributed by atoms with Crippen molar-refractivity contribution in [1.29, 1.82) is 0 Å². The van der Waals surface area contributed by atoms with Crippen molar-refractivity contribution in [2.45, 2.75) is 31.5 Å². The molecule has 15 heavy (non-hydrogen) atoms. The molecule has 2 N–H and O–H groups in total. The third-order valence-corrected chi connectivity index (χ3v) is 1.75. The molecule has 0 aromatic heterocycles. The van der Waals surface area contributed by atoms with E-state index in [9.17, 15) is 13.2 Å². The number of piperidine rings is 1. The molecule has 1 rings (SSSR count). The maximum Gasteiger partial charge on any atom is 0.490 e. The first kappa shape index (κ1) is 13.8. The van der Waals surface area contributed by atoms with Crippen molar-refractivity contribution in [3.8, 4) is 12.3 Å². The van der Waals surface area contributed by atoms with E-state index in [1.165, 1.54) is 12.8 Å². The molecule has 1 heterocycles. The lowest BCUT2D eigenvalue weighted by molar-refractivity contribution is -0.192. The Bertz CT molecular complexity index is 239. The topological polar surface area (TPSA) is 49.3 Å². The van der Waals surface area contributed by atoms with Crippen LogP contribution in [0.2, 0.25) is 0 Å². The minimum Gasteiger partial charge on any atom is -0.475 e. The largest absolute Gasteiger partial charge is 0.490 e. The maximum absolute atomic E-state index is 10.6. The van der Waals surface area contributed by atoms with Crippen LogP contribution in [-0.2, 0) is 4.79 Å². The van der Waals surface area contributed by atoms with E-state index in [0.29, 0.717) is 6.04 Å². The van der Waals surface area contributed by atoms with E-state index < -0.39 is 12.1 Å². The smallest absolute Gasteiger partial charge is 0.475 e. The fraction of sp³-hybridized carbons (Fsp3) is 0.667. The Labute approximate surface area is 85.7 Å². The van der Waals surface area contributed by atoms with Crippen LogP contribution in [0.15, 0.2) is 0 Å². The lowest BCUT2D eigenvalue weighted by atomic mass is 10.1. The zero-order valence-electron chi connectivity index (χ0n) is 7.97. The van der Waals surface area contributed by atoms with Gasteiger partial charge >= 0.3 is 12.1 Å². The van der Waals surface area contributed by atoms with Gasteiger partial charge in [-0.05, 0) is 25.8 Å². The van der Waals surface area contributed by atoms with Gasteiger partial charge < -0.3 is 10.4 Å². The van der Waals surface area contributed by atoms with Crippen molar-refractivity contribution in [3.63, 3.8) is 0 Å². The predicted molar refractivity (Wildman–Crippen MR) is 48.2 cm³/mol. The summed E-state index contributed by atoms with van der Waals surface area (Å²) in [4.78, 5) is 8.90. The molecular formula is C9H12F3NO2. The van der Waals surface area contributed by atoms with E-state index in [2.05, 4.69) is 11.2 Å². The van der Waals surface area contributed by atoms with Gasteiger partial charge in [-0.15, -0.1) is 6.42 Å². The Morgan fingerprint density at radius 1 is 1.47 bits per heavy atom. The lowest BCUT2D eigenvalue weighted by Gasteiger charge is -2.17. The normalized spacial score (nSPS) is 20.8. The molecule has 1 saturated heterocycles. The first-order valence-corrected chi connectivity index (χ1v) is 4.37. The van der Waals surface area contributed by atoms with Crippen molar-refractivity contribution in [1.82, 2.24) is 5.32 Å². The Hall–Kier alpha value is -1.22. The monoisotopic (exact) mass is 223 g/mol. The average Bonchev–Trinajstić information content (AvgIpc) is 2.18.